The first-order chi connectivity index (χ1) is 8.27. The fourth-order valence-electron chi connectivity index (χ4n) is 2.09. The number of rotatable bonds is 12. The summed E-state index contributed by atoms with van der Waals surface area (Å²) in [7, 11) is 0. The van der Waals surface area contributed by atoms with Crippen LogP contribution in [0.2, 0.25) is 0 Å². The van der Waals surface area contributed by atoms with Gasteiger partial charge in [-0.2, -0.15) is 0 Å². The summed E-state index contributed by atoms with van der Waals surface area (Å²) in [4.78, 5) is 0. The second-order valence-electron chi connectivity index (χ2n) is 5.71. The predicted octanol–water partition coefficient (Wildman–Crippen LogP) is 6.51. The third-order valence-electron chi connectivity index (χ3n) is 3.29. The first-order valence-electron chi connectivity index (χ1n) is 7.92. The van der Waals surface area contributed by atoms with Crippen molar-refractivity contribution in [2.24, 2.45) is 5.92 Å². The van der Waals surface area contributed by atoms with E-state index in [0.717, 1.165) is 5.92 Å². The van der Waals surface area contributed by atoms with Crippen LogP contribution >= 0.6 is 0 Å². The molecule has 0 saturated carbocycles. The van der Waals surface area contributed by atoms with Crippen LogP contribution in [0, 0.1) is 5.92 Å². The molecule has 0 nitrogen and oxygen atoms in total. The molecule has 0 heterocycles. The molecule has 0 amide bonds. The summed E-state index contributed by atoms with van der Waals surface area (Å²) in [5.41, 5.74) is 0. The molecule has 0 aliphatic rings. The Morgan fingerprint density at radius 1 is 0.706 bits per heavy atom. The van der Waals surface area contributed by atoms with Gasteiger partial charge in [-0.05, 0) is 31.6 Å². The van der Waals surface area contributed by atoms with Crippen LogP contribution in [0.1, 0.15) is 91.4 Å². The molecule has 0 radical (unpaired) electrons. The Morgan fingerprint density at radius 2 is 1.24 bits per heavy atom. The predicted molar refractivity (Wildman–Crippen MR) is 80.4 cm³/mol. The molecule has 0 rings (SSSR count). The topological polar surface area (TPSA) is 0 Å². The molecule has 0 aliphatic heterocycles. The molecule has 0 fully saturated rings. The lowest BCUT2D eigenvalue weighted by Crippen LogP contribution is -1.85. The van der Waals surface area contributed by atoms with Crippen LogP contribution in [-0.4, -0.2) is 0 Å². The molecular weight excluding hydrogens is 204 g/mol. The monoisotopic (exact) mass is 238 g/mol. The van der Waals surface area contributed by atoms with Crippen molar-refractivity contribution in [3.8, 4) is 0 Å². The quantitative estimate of drug-likeness (QED) is 0.268. The molecule has 0 unspecified atom stereocenters. The summed E-state index contributed by atoms with van der Waals surface area (Å²) in [5.74, 6) is 0.877. The fraction of sp³-hybridized carbons (Fsp3) is 0.882. The third kappa shape index (κ3) is 15.7. The van der Waals surface area contributed by atoms with Crippen molar-refractivity contribution in [3.63, 3.8) is 0 Å². The van der Waals surface area contributed by atoms with Crippen LogP contribution in [0.5, 0.6) is 0 Å². The van der Waals surface area contributed by atoms with Crippen molar-refractivity contribution >= 4 is 0 Å². The Labute approximate surface area is 110 Å². The van der Waals surface area contributed by atoms with Crippen molar-refractivity contribution in [2.45, 2.75) is 91.4 Å². The number of hydrogen-bond acceptors (Lipinski definition) is 0. The molecule has 0 N–H and O–H groups in total. The van der Waals surface area contributed by atoms with E-state index in [-0.39, 0.29) is 0 Å². The van der Waals surface area contributed by atoms with E-state index in [4.69, 9.17) is 0 Å². The molecular formula is C17H34. The lowest BCUT2D eigenvalue weighted by molar-refractivity contribution is 0.540. The van der Waals surface area contributed by atoms with Gasteiger partial charge in [0, 0.05) is 0 Å². The normalized spacial score (nSPS) is 11.8. The van der Waals surface area contributed by atoms with E-state index in [1.54, 1.807) is 0 Å². The molecule has 0 atom stereocenters. The van der Waals surface area contributed by atoms with E-state index in [0.29, 0.717) is 0 Å². The minimum Gasteiger partial charge on any atom is -0.0885 e. The molecule has 0 bridgehead atoms. The van der Waals surface area contributed by atoms with Crippen LogP contribution in [-0.2, 0) is 0 Å². The number of unbranched alkanes of at least 4 members (excludes halogenated alkanes) is 8. The van der Waals surface area contributed by atoms with Crippen molar-refractivity contribution in [1.29, 1.82) is 0 Å². The zero-order chi connectivity index (χ0) is 12.8. The van der Waals surface area contributed by atoms with Gasteiger partial charge in [0.2, 0.25) is 0 Å². The van der Waals surface area contributed by atoms with Gasteiger partial charge in [0.05, 0.1) is 0 Å². The average Bonchev–Trinajstić information content (AvgIpc) is 2.30. The van der Waals surface area contributed by atoms with Crippen LogP contribution < -0.4 is 0 Å². The molecule has 0 saturated heterocycles. The highest BCUT2D eigenvalue weighted by Crippen LogP contribution is 2.10. The van der Waals surface area contributed by atoms with Crippen molar-refractivity contribution in [2.75, 3.05) is 0 Å². The number of hydrogen-bond donors (Lipinski definition) is 0. The highest BCUT2D eigenvalue weighted by atomic mass is 14.0. The van der Waals surface area contributed by atoms with E-state index < -0.39 is 0 Å². The average molecular weight is 238 g/mol. The lowest BCUT2D eigenvalue weighted by atomic mass is 10.0. The largest absolute Gasteiger partial charge is 0.0885 e. The highest BCUT2D eigenvalue weighted by molar-refractivity contribution is 4.81. The Morgan fingerprint density at radius 3 is 1.82 bits per heavy atom. The summed E-state index contributed by atoms with van der Waals surface area (Å²) in [6.07, 6.45) is 20.0. The van der Waals surface area contributed by atoms with Gasteiger partial charge in [-0.15, -0.1) is 0 Å². The Kier molecular flexibility index (Phi) is 13.6. The van der Waals surface area contributed by atoms with Crippen LogP contribution in [0.3, 0.4) is 0 Å². The van der Waals surface area contributed by atoms with Crippen LogP contribution in [0.15, 0.2) is 12.2 Å². The summed E-state index contributed by atoms with van der Waals surface area (Å²) in [6.45, 7) is 6.91. The zero-order valence-corrected chi connectivity index (χ0v) is 12.5. The van der Waals surface area contributed by atoms with E-state index in [1.807, 2.05) is 0 Å². The van der Waals surface area contributed by atoms with Gasteiger partial charge >= 0.3 is 0 Å². The second-order valence-corrected chi connectivity index (χ2v) is 5.71. The SMILES string of the molecule is CCCCCCCC/C=C/CCCCC(C)C. The van der Waals surface area contributed by atoms with Gasteiger partial charge in [-0.3, -0.25) is 0 Å². The molecule has 17 heavy (non-hydrogen) atoms. The summed E-state index contributed by atoms with van der Waals surface area (Å²) < 4.78 is 0. The molecule has 0 aliphatic carbocycles. The fourth-order valence-corrected chi connectivity index (χ4v) is 2.09. The van der Waals surface area contributed by atoms with Gasteiger partial charge < -0.3 is 0 Å². The van der Waals surface area contributed by atoms with Crippen LogP contribution in [0.25, 0.3) is 0 Å². The van der Waals surface area contributed by atoms with Gasteiger partial charge in [-0.25, -0.2) is 0 Å². The van der Waals surface area contributed by atoms with Crippen molar-refractivity contribution < 1.29 is 0 Å². The first-order valence-corrected chi connectivity index (χ1v) is 7.92. The van der Waals surface area contributed by atoms with Gasteiger partial charge in [0.15, 0.2) is 0 Å². The molecule has 102 valence electrons. The number of allylic oxidation sites excluding steroid dienone is 2. The molecule has 0 aromatic carbocycles. The van der Waals surface area contributed by atoms with Gasteiger partial charge in [-0.1, -0.05) is 77.9 Å². The zero-order valence-electron chi connectivity index (χ0n) is 12.5. The Hall–Kier alpha value is -0.260. The van der Waals surface area contributed by atoms with Crippen LogP contribution in [0.4, 0.5) is 0 Å². The van der Waals surface area contributed by atoms with Crippen molar-refractivity contribution in [1.82, 2.24) is 0 Å². The lowest BCUT2D eigenvalue weighted by Gasteiger charge is -2.01. The molecule has 0 aromatic rings. The summed E-state index contributed by atoms with van der Waals surface area (Å²) >= 11 is 0. The molecule has 0 heteroatoms. The standard InChI is InChI=1S/C17H34/c1-4-5-6-7-8-9-10-11-12-13-14-15-16-17(2)3/h11-12,17H,4-10,13-16H2,1-3H3/b12-11+. The summed E-state index contributed by atoms with van der Waals surface area (Å²) in [6, 6.07) is 0. The Bertz CT molecular complexity index is 155. The van der Waals surface area contributed by atoms with Gasteiger partial charge in [0.25, 0.3) is 0 Å². The smallest absolute Gasteiger partial charge is 0.0351 e. The van der Waals surface area contributed by atoms with E-state index in [2.05, 4.69) is 32.9 Å². The first kappa shape index (κ1) is 16.7. The second kappa shape index (κ2) is 13.8. The van der Waals surface area contributed by atoms with Crippen molar-refractivity contribution in [3.05, 3.63) is 12.2 Å². The third-order valence-corrected chi connectivity index (χ3v) is 3.29. The maximum absolute atomic E-state index is 2.40. The maximum atomic E-state index is 2.40. The van der Waals surface area contributed by atoms with Gasteiger partial charge in [0.1, 0.15) is 0 Å². The molecule has 0 aromatic heterocycles. The van der Waals surface area contributed by atoms with E-state index in [9.17, 15) is 0 Å². The maximum Gasteiger partial charge on any atom is -0.0351 e. The molecule has 0 spiro atoms. The minimum atomic E-state index is 0.877. The van der Waals surface area contributed by atoms with E-state index in [1.165, 1.54) is 70.6 Å². The summed E-state index contributed by atoms with van der Waals surface area (Å²) in [5, 5.41) is 0. The van der Waals surface area contributed by atoms with E-state index >= 15 is 0 Å². The Balaban J connectivity index is 3.04. The highest BCUT2D eigenvalue weighted by Gasteiger charge is 1.92. The minimum absolute atomic E-state index is 0.877.